The molecular formula is C19H28N2O5. The summed E-state index contributed by atoms with van der Waals surface area (Å²) in [5, 5.41) is 5.79. The molecule has 1 aliphatic rings. The van der Waals surface area contributed by atoms with E-state index in [1.165, 1.54) is 7.11 Å². The second-order valence-corrected chi connectivity index (χ2v) is 6.46. The van der Waals surface area contributed by atoms with Gasteiger partial charge in [0.05, 0.1) is 19.1 Å². The van der Waals surface area contributed by atoms with E-state index in [0.717, 1.165) is 5.75 Å². The average Bonchev–Trinajstić information content (AvgIpc) is 3.04. The van der Waals surface area contributed by atoms with Crippen LogP contribution < -0.4 is 15.4 Å². The van der Waals surface area contributed by atoms with E-state index in [-0.39, 0.29) is 36.3 Å². The topological polar surface area (TPSA) is 85.9 Å². The second-order valence-electron chi connectivity index (χ2n) is 6.46. The normalized spacial score (nSPS) is 22.0. The number of nitrogens with one attached hydrogen (secondary N) is 2. The van der Waals surface area contributed by atoms with E-state index in [0.29, 0.717) is 32.6 Å². The van der Waals surface area contributed by atoms with Gasteiger partial charge in [0.25, 0.3) is 0 Å². The SMILES string of the molecule is COCCNC(=O)[C@@H]1C[C@@H](COc2ccccc2)C[C@H]1NC(=O)COC. The van der Waals surface area contributed by atoms with Gasteiger partial charge in [0, 0.05) is 26.8 Å². The number of para-hydroxylation sites is 1. The fourth-order valence-corrected chi connectivity index (χ4v) is 3.25. The van der Waals surface area contributed by atoms with Crippen molar-refractivity contribution >= 4 is 11.8 Å². The van der Waals surface area contributed by atoms with E-state index < -0.39 is 0 Å². The van der Waals surface area contributed by atoms with Crippen LogP contribution in [0, 0.1) is 11.8 Å². The summed E-state index contributed by atoms with van der Waals surface area (Å²) in [6.07, 6.45) is 1.37. The zero-order chi connectivity index (χ0) is 18.8. The highest BCUT2D eigenvalue weighted by molar-refractivity contribution is 5.82. The predicted molar refractivity (Wildman–Crippen MR) is 96.8 cm³/mol. The van der Waals surface area contributed by atoms with Gasteiger partial charge in [-0.25, -0.2) is 0 Å². The van der Waals surface area contributed by atoms with Crippen LogP contribution in [0.5, 0.6) is 5.75 Å². The molecule has 0 saturated heterocycles. The van der Waals surface area contributed by atoms with Gasteiger partial charge in [0.2, 0.25) is 11.8 Å². The Balaban J connectivity index is 1.92. The highest BCUT2D eigenvalue weighted by Gasteiger charge is 2.39. The molecule has 1 aliphatic carbocycles. The van der Waals surface area contributed by atoms with Crippen LogP contribution in [-0.4, -0.2) is 58.4 Å². The Bertz CT molecular complexity index is 566. The molecule has 26 heavy (non-hydrogen) atoms. The molecule has 1 fully saturated rings. The van der Waals surface area contributed by atoms with Crippen LogP contribution in [-0.2, 0) is 19.1 Å². The minimum atomic E-state index is -0.281. The lowest BCUT2D eigenvalue weighted by Crippen LogP contribution is -2.45. The number of methoxy groups -OCH3 is 2. The van der Waals surface area contributed by atoms with E-state index in [1.54, 1.807) is 7.11 Å². The summed E-state index contributed by atoms with van der Waals surface area (Å²) in [5.74, 6) is 0.447. The number of ether oxygens (including phenoxy) is 3. The highest BCUT2D eigenvalue weighted by atomic mass is 16.5. The van der Waals surface area contributed by atoms with Crippen molar-refractivity contribution in [3.63, 3.8) is 0 Å². The van der Waals surface area contributed by atoms with E-state index in [2.05, 4.69) is 10.6 Å². The number of benzene rings is 1. The maximum Gasteiger partial charge on any atom is 0.246 e. The molecule has 2 N–H and O–H groups in total. The summed E-state index contributed by atoms with van der Waals surface area (Å²) in [7, 11) is 3.06. The summed E-state index contributed by atoms with van der Waals surface area (Å²) in [6.45, 7) is 1.41. The van der Waals surface area contributed by atoms with Gasteiger partial charge in [-0.1, -0.05) is 18.2 Å². The van der Waals surface area contributed by atoms with Crippen LogP contribution in [0.2, 0.25) is 0 Å². The first-order chi connectivity index (χ1) is 12.6. The van der Waals surface area contributed by atoms with Crippen molar-refractivity contribution in [2.24, 2.45) is 11.8 Å². The maximum absolute atomic E-state index is 12.5. The van der Waals surface area contributed by atoms with Crippen LogP contribution in [0.25, 0.3) is 0 Å². The van der Waals surface area contributed by atoms with E-state index in [4.69, 9.17) is 14.2 Å². The van der Waals surface area contributed by atoms with Crippen molar-refractivity contribution in [3.05, 3.63) is 30.3 Å². The third-order valence-electron chi connectivity index (χ3n) is 4.45. The highest BCUT2D eigenvalue weighted by Crippen LogP contribution is 2.32. The number of amides is 2. The molecule has 0 bridgehead atoms. The standard InChI is InChI=1S/C19H28N2O5/c1-24-9-8-20-19(23)16-10-14(11-17(16)21-18(22)13-25-2)12-26-15-6-4-3-5-7-15/h3-7,14,16-17H,8-13H2,1-2H3,(H,20,23)(H,21,22)/t14-,16-,17-/m1/s1. The summed E-state index contributed by atoms with van der Waals surface area (Å²) >= 11 is 0. The molecule has 0 heterocycles. The monoisotopic (exact) mass is 364 g/mol. The quantitative estimate of drug-likeness (QED) is 0.605. The number of hydrogen-bond acceptors (Lipinski definition) is 5. The molecule has 0 radical (unpaired) electrons. The van der Waals surface area contributed by atoms with Crippen molar-refractivity contribution in [1.29, 1.82) is 0 Å². The molecule has 0 aliphatic heterocycles. The minimum absolute atomic E-state index is 0.0142. The molecule has 1 saturated carbocycles. The summed E-state index contributed by atoms with van der Waals surface area (Å²) in [5.41, 5.74) is 0. The lowest BCUT2D eigenvalue weighted by molar-refractivity contribution is -0.128. The van der Waals surface area contributed by atoms with Gasteiger partial charge in [0.15, 0.2) is 0 Å². The fraction of sp³-hybridized carbons (Fsp3) is 0.579. The molecule has 3 atom stereocenters. The number of hydrogen-bond donors (Lipinski definition) is 2. The number of carbonyl (C=O) groups is 2. The molecule has 2 amide bonds. The maximum atomic E-state index is 12.5. The van der Waals surface area contributed by atoms with Crippen LogP contribution in [0.4, 0.5) is 0 Å². The minimum Gasteiger partial charge on any atom is -0.493 e. The molecule has 0 spiro atoms. The predicted octanol–water partition coefficient (Wildman–Crippen LogP) is 0.985. The van der Waals surface area contributed by atoms with Crippen molar-refractivity contribution in [1.82, 2.24) is 10.6 Å². The van der Waals surface area contributed by atoms with Crippen molar-refractivity contribution < 1.29 is 23.8 Å². The van der Waals surface area contributed by atoms with Gasteiger partial charge in [-0.05, 0) is 30.9 Å². The molecule has 144 valence electrons. The first kappa shape index (κ1) is 20.2. The molecule has 7 nitrogen and oxygen atoms in total. The summed E-state index contributed by atoms with van der Waals surface area (Å²) < 4.78 is 15.7. The number of carbonyl (C=O) groups excluding carboxylic acids is 2. The zero-order valence-electron chi connectivity index (χ0n) is 15.4. The van der Waals surface area contributed by atoms with Crippen LogP contribution in [0.3, 0.4) is 0 Å². The summed E-state index contributed by atoms with van der Waals surface area (Å²) in [6, 6.07) is 9.37. The van der Waals surface area contributed by atoms with Gasteiger partial charge >= 0.3 is 0 Å². The molecule has 7 heteroatoms. The first-order valence-corrected chi connectivity index (χ1v) is 8.86. The van der Waals surface area contributed by atoms with Crippen LogP contribution >= 0.6 is 0 Å². The average molecular weight is 364 g/mol. The van der Waals surface area contributed by atoms with E-state index >= 15 is 0 Å². The van der Waals surface area contributed by atoms with Gasteiger partial charge in [-0.15, -0.1) is 0 Å². The Morgan fingerprint density at radius 1 is 1.12 bits per heavy atom. The third kappa shape index (κ3) is 6.31. The zero-order valence-corrected chi connectivity index (χ0v) is 15.4. The Labute approximate surface area is 154 Å². The Morgan fingerprint density at radius 3 is 2.58 bits per heavy atom. The molecule has 0 aromatic heterocycles. The Kier molecular flexibility index (Phi) is 8.37. The van der Waals surface area contributed by atoms with E-state index in [9.17, 15) is 9.59 Å². The van der Waals surface area contributed by atoms with Crippen molar-refractivity contribution in [3.8, 4) is 5.75 Å². The van der Waals surface area contributed by atoms with Crippen molar-refractivity contribution in [2.75, 3.05) is 40.6 Å². The van der Waals surface area contributed by atoms with Crippen LogP contribution in [0.1, 0.15) is 12.8 Å². The van der Waals surface area contributed by atoms with Gasteiger partial charge in [-0.3, -0.25) is 9.59 Å². The van der Waals surface area contributed by atoms with Gasteiger partial charge < -0.3 is 24.8 Å². The Morgan fingerprint density at radius 2 is 1.88 bits per heavy atom. The van der Waals surface area contributed by atoms with Crippen molar-refractivity contribution in [2.45, 2.75) is 18.9 Å². The third-order valence-corrected chi connectivity index (χ3v) is 4.45. The largest absolute Gasteiger partial charge is 0.493 e. The number of rotatable bonds is 10. The molecule has 2 rings (SSSR count). The smallest absolute Gasteiger partial charge is 0.246 e. The summed E-state index contributed by atoms with van der Waals surface area (Å²) in [4.78, 5) is 24.4. The lowest BCUT2D eigenvalue weighted by atomic mass is 10.0. The Hall–Kier alpha value is -2.12. The molecular weight excluding hydrogens is 336 g/mol. The fourth-order valence-electron chi connectivity index (χ4n) is 3.25. The first-order valence-electron chi connectivity index (χ1n) is 8.86. The molecule has 1 aromatic carbocycles. The second kappa shape index (κ2) is 10.8. The van der Waals surface area contributed by atoms with Gasteiger partial charge in [0.1, 0.15) is 12.4 Å². The molecule has 0 unspecified atom stereocenters. The van der Waals surface area contributed by atoms with Gasteiger partial charge in [-0.2, -0.15) is 0 Å². The van der Waals surface area contributed by atoms with E-state index in [1.807, 2.05) is 30.3 Å². The molecule has 1 aromatic rings. The van der Waals surface area contributed by atoms with Crippen LogP contribution in [0.15, 0.2) is 30.3 Å². The lowest BCUT2D eigenvalue weighted by Gasteiger charge is -2.20.